The van der Waals surface area contributed by atoms with Crippen LogP contribution in [0.5, 0.6) is 0 Å². The molecule has 0 aliphatic heterocycles. The van der Waals surface area contributed by atoms with Crippen LogP contribution in [0.3, 0.4) is 0 Å². The van der Waals surface area contributed by atoms with E-state index in [-0.39, 0.29) is 12.6 Å². The summed E-state index contributed by atoms with van der Waals surface area (Å²) in [6.45, 7) is -0.0466. The number of nitrogens with two attached hydrogens (primary N) is 1. The van der Waals surface area contributed by atoms with E-state index in [0.29, 0.717) is 0 Å². The minimum atomic E-state index is -0.322. The molecule has 0 saturated heterocycles. The first-order valence-corrected chi connectivity index (χ1v) is 5.05. The highest BCUT2D eigenvalue weighted by Crippen LogP contribution is 2.25. The highest BCUT2D eigenvalue weighted by molar-refractivity contribution is 9.11. The fraction of sp³-hybridized carbons (Fsp3) is 0.250. The zero-order chi connectivity index (χ0) is 9.14. The zero-order valence-electron chi connectivity index (χ0n) is 6.30. The highest BCUT2D eigenvalue weighted by Gasteiger charge is 2.08. The van der Waals surface area contributed by atoms with Gasteiger partial charge < -0.3 is 10.8 Å². The average Bonchev–Trinajstić information content (AvgIpc) is 2.08. The Bertz CT molecular complexity index is 278. The zero-order valence-corrected chi connectivity index (χ0v) is 9.47. The molecule has 0 amide bonds. The van der Waals surface area contributed by atoms with Crippen molar-refractivity contribution >= 4 is 31.9 Å². The molecule has 0 aliphatic carbocycles. The Morgan fingerprint density at radius 3 is 2.67 bits per heavy atom. The molecule has 2 nitrogen and oxygen atoms in total. The van der Waals surface area contributed by atoms with Gasteiger partial charge in [-0.15, -0.1) is 0 Å². The minimum Gasteiger partial charge on any atom is -0.394 e. The summed E-state index contributed by atoms with van der Waals surface area (Å²) in [5.74, 6) is 0. The van der Waals surface area contributed by atoms with Crippen LogP contribution in [0.25, 0.3) is 0 Å². The number of aliphatic hydroxyl groups excluding tert-OH is 1. The largest absolute Gasteiger partial charge is 0.394 e. The molecule has 66 valence electrons. The van der Waals surface area contributed by atoms with Gasteiger partial charge in [0.15, 0.2) is 0 Å². The molecule has 0 unspecified atom stereocenters. The van der Waals surface area contributed by atoms with E-state index in [4.69, 9.17) is 10.8 Å². The molecular weight excluding hydrogens is 286 g/mol. The summed E-state index contributed by atoms with van der Waals surface area (Å²) < 4.78 is 1.89. The maximum atomic E-state index is 8.84. The fourth-order valence-electron chi connectivity index (χ4n) is 0.897. The summed E-state index contributed by atoms with van der Waals surface area (Å²) in [6, 6.07) is 5.38. The SMILES string of the molecule is N[C@@H](CO)c1cc(Br)ccc1Br. The molecule has 1 aromatic carbocycles. The Kier molecular flexibility index (Phi) is 3.71. The van der Waals surface area contributed by atoms with E-state index in [9.17, 15) is 0 Å². The molecule has 0 aliphatic rings. The van der Waals surface area contributed by atoms with E-state index in [1.807, 2.05) is 18.2 Å². The summed E-state index contributed by atoms with van der Waals surface area (Å²) in [4.78, 5) is 0. The van der Waals surface area contributed by atoms with E-state index in [0.717, 1.165) is 14.5 Å². The summed E-state index contributed by atoms with van der Waals surface area (Å²) in [5.41, 5.74) is 6.57. The maximum absolute atomic E-state index is 8.84. The van der Waals surface area contributed by atoms with Gasteiger partial charge in [0.1, 0.15) is 0 Å². The van der Waals surface area contributed by atoms with Crippen molar-refractivity contribution in [3.63, 3.8) is 0 Å². The molecular formula is C8H9Br2NO. The van der Waals surface area contributed by atoms with Gasteiger partial charge >= 0.3 is 0 Å². The van der Waals surface area contributed by atoms with Crippen LogP contribution in [0.4, 0.5) is 0 Å². The van der Waals surface area contributed by atoms with Crippen LogP contribution in [-0.4, -0.2) is 11.7 Å². The lowest BCUT2D eigenvalue weighted by molar-refractivity contribution is 0.267. The third-order valence-electron chi connectivity index (χ3n) is 1.55. The van der Waals surface area contributed by atoms with Gasteiger partial charge in [-0.25, -0.2) is 0 Å². The van der Waals surface area contributed by atoms with Gasteiger partial charge in [-0.1, -0.05) is 31.9 Å². The van der Waals surface area contributed by atoms with Gasteiger partial charge in [0.05, 0.1) is 12.6 Å². The number of aliphatic hydroxyl groups is 1. The van der Waals surface area contributed by atoms with Crippen LogP contribution in [0.15, 0.2) is 27.1 Å². The van der Waals surface area contributed by atoms with Crippen LogP contribution >= 0.6 is 31.9 Å². The Hall–Kier alpha value is 0.1000. The van der Waals surface area contributed by atoms with Gasteiger partial charge in [-0.05, 0) is 23.8 Å². The number of halogens is 2. The fourth-order valence-corrected chi connectivity index (χ4v) is 1.82. The topological polar surface area (TPSA) is 46.2 Å². The molecule has 0 radical (unpaired) electrons. The molecule has 0 fully saturated rings. The van der Waals surface area contributed by atoms with E-state index in [1.54, 1.807) is 0 Å². The third kappa shape index (κ3) is 2.29. The van der Waals surface area contributed by atoms with Gasteiger partial charge in [-0.2, -0.15) is 0 Å². The first-order chi connectivity index (χ1) is 5.65. The number of hydrogen-bond donors (Lipinski definition) is 2. The van der Waals surface area contributed by atoms with E-state index in [2.05, 4.69) is 31.9 Å². The van der Waals surface area contributed by atoms with Gasteiger partial charge in [-0.3, -0.25) is 0 Å². The van der Waals surface area contributed by atoms with Crippen molar-refractivity contribution < 1.29 is 5.11 Å². The van der Waals surface area contributed by atoms with Crippen molar-refractivity contribution in [2.24, 2.45) is 5.73 Å². The number of benzene rings is 1. The van der Waals surface area contributed by atoms with Crippen molar-refractivity contribution in [2.45, 2.75) is 6.04 Å². The molecule has 1 rings (SSSR count). The van der Waals surface area contributed by atoms with Crippen molar-refractivity contribution in [3.05, 3.63) is 32.7 Å². The van der Waals surface area contributed by atoms with Crippen LogP contribution in [0.2, 0.25) is 0 Å². The molecule has 0 heterocycles. The van der Waals surface area contributed by atoms with Crippen LogP contribution in [-0.2, 0) is 0 Å². The molecule has 0 aromatic heterocycles. The second kappa shape index (κ2) is 4.37. The summed E-state index contributed by atoms with van der Waals surface area (Å²) in [6.07, 6.45) is 0. The first kappa shape index (κ1) is 10.2. The van der Waals surface area contributed by atoms with Crippen LogP contribution in [0.1, 0.15) is 11.6 Å². The molecule has 1 aromatic rings. The maximum Gasteiger partial charge on any atom is 0.0624 e. The van der Waals surface area contributed by atoms with Gasteiger partial charge in [0, 0.05) is 8.95 Å². The Morgan fingerprint density at radius 2 is 2.08 bits per heavy atom. The summed E-state index contributed by atoms with van der Waals surface area (Å²) >= 11 is 6.70. The van der Waals surface area contributed by atoms with Crippen molar-refractivity contribution in [2.75, 3.05) is 6.61 Å². The Balaban J connectivity index is 3.04. The lowest BCUT2D eigenvalue weighted by atomic mass is 10.1. The summed E-state index contributed by atoms with van der Waals surface area (Å²) in [5, 5.41) is 8.84. The van der Waals surface area contributed by atoms with Crippen molar-refractivity contribution in [1.29, 1.82) is 0 Å². The molecule has 12 heavy (non-hydrogen) atoms. The quantitative estimate of drug-likeness (QED) is 0.878. The lowest BCUT2D eigenvalue weighted by Crippen LogP contribution is -2.14. The molecule has 0 spiro atoms. The third-order valence-corrected chi connectivity index (χ3v) is 2.77. The highest BCUT2D eigenvalue weighted by atomic mass is 79.9. The molecule has 0 bridgehead atoms. The molecule has 1 atom stereocenters. The Morgan fingerprint density at radius 1 is 1.42 bits per heavy atom. The average molecular weight is 295 g/mol. The van der Waals surface area contributed by atoms with E-state index in [1.165, 1.54) is 0 Å². The lowest BCUT2D eigenvalue weighted by Gasteiger charge is -2.10. The Labute approximate surface area is 88.0 Å². The van der Waals surface area contributed by atoms with Gasteiger partial charge in [0.25, 0.3) is 0 Å². The first-order valence-electron chi connectivity index (χ1n) is 3.46. The van der Waals surface area contributed by atoms with E-state index >= 15 is 0 Å². The van der Waals surface area contributed by atoms with Crippen LogP contribution < -0.4 is 5.73 Å². The smallest absolute Gasteiger partial charge is 0.0624 e. The number of rotatable bonds is 2. The number of hydrogen-bond acceptors (Lipinski definition) is 2. The summed E-state index contributed by atoms with van der Waals surface area (Å²) in [7, 11) is 0. The van der Waals surface area contributed by atoms with Crippen LogP contribution in [0, 0.1) is 0 Å². The molecule has 0 saturated carbocycles. The second-order valence-electron chi connectivity index (χ2n) is 2.45. The predicted octanol–water partition coefficient (Wildman–Crippen LogP) is 2.20. The predicted molar refractivity (Wildman–Crippen MR) is 55.9 cm³/mol. The monoisotopic (exact) mass is 293 g/mol. The standard InChI is InChI=1S/C8H9Br2NO/c9-5-1-2-7(10)6(3-5)8(11)4-12/h1-3,8,12H,4,11H2/t8-/m0/s1. The van der Waals surface area contributed by atoms with Crippen molar-refractivity contribution in [1.82, 2.24) is 0 Å². The van der Waals surface area contributed by atoms with Crippen molar-refractivity contribution in [3.8, 4) is 0 Å². The van der Waals surface area contributed by atoms with Gasteiger partial charge in [0.2, 0.25) is 0 Å². The molecule has 3 N–H and O–H groups in total. The minimum absolute atomic E-state index is 0.0466. The normalized spacial score (nSPS) is 13.0. The molecule has 4 heteroatoms. The second-order valence-corrected chi connectivity index (χ2v) is 4.22. The van der Waals surface area contributed by atoms with E-state index < -0.39 is 0 Å².